The minimum atomic E-state index is -0.0451. The molecule has 2 N–H and O–H groups in total. The molecule has 2 aliphatic heterocycles. The third-order valence-corrected chi connectivity index (χ3v) is 6.65. The molecule has 0 radical (unpaired) electrons. The molecule has 3 amide bonds. The highest BCUT2D eigenvalue weighted by atomic mass is 35.5. The molecule has 10 nitrogen and oxygen atoms in total. The quantitative estimate of drug-likeness (QED) is 0.227. The Kier molecular flexibility index (Phi) is 10.3. The fourth-order valence-electron chi connectivity index (χ4n) is 3.87. The number of hydrogen-bond acceptors (Lipinski definition) is 8. The molecule has 0 saturated carbocycles. The number of piperazine rings is 1. The van der Waals surface area contributed by atoms with Crippen LogP contribution in [0.4, 0.5) is 10.6 Å². The highest BCUT2D eigenvalue weighted by Crippen LogP contribution is 2.24. The lowest BCUT2D eigenvalue weighted by Gasteiger charge is -2.40. The molecule has 2 fully saturated rings. The highest BCUT2D eigenvalue weighted by molar-refractivity contribution is 7.99. The number of carbonyl (C=O) groups excluding carboxylic acids is 2. The summed E-state index contributed by atoms with van der Waals surface area (Å²) in [5.74, 6) is 0.903. The van der Waals surface area contributed by atoms with Crippen LogP contribution in [0.5, 0.6) is 0 Å². The molecular formula is C21H34ClN7O3S. The number of carbonyl (C=O) groups is 2. The van der Waals surface area contributed by atoms with Gasteiger partial charge in [-0.1, -0.05) is 23.4 Å². The van der Waals surface area contributed by atoms with E-state index in [1.165, 1.54) is 11.8 Å². The minimum absolute atomic E-state index is 0.0402. The van der Waals surface area contributed by atoms with Gasteiger partial charge < -0.3 is 25.2 Å². The summed E-state index contributed by atoms with van der Waals surface area (Å²) in [5, 5.41) is 6.62. The van der Waals surface area contributed by atoms with Gasteiger partial charge in [0, 0.05) is 57.9 Å². The second kappa shape index (κ2) is 13.2. The molecule has 1 atom stereocenters. The predicted molar refractivity (Wildman–Crippen MR) is 130 cm³/mol. The molecular weight excluding hydrogens is 466 g/mol. The predicted octanol–water partition coefficient (Wildman–Crippen LogP) is 1.30. The van der Waals surface area contributed by atoms with E-state index in [-0.39, 0.29) is 23.7 Å². The van der Waals surface area contributed by atoms with Crippen molar-refractivity contribution in [2.45, 2.75) is 31.5 Å². The van der Waals surface area contributed by atoms with E-state index in [0.29, 0.717) is 48.9 Å². The first-order valence-corrected chi connectivity index (χ1v) is 12.9. The number of nitrogens with zero attached hydrogens (tertiary/aromatic N) is 5. The minimum Gasteiger partial charge on any atom is -0.379 e. The molecule has 3 heterocycles. The average molecular weight is 500 g/mol. The zero-order valence-electron chi connectivity index (χ0n) is 19.4. The standard InChI is InChI=1S/C21H34ClN7O3S/c1-3-23-21(31)29-8-7-28(14-16(29)2)18-13-17(22)25-20(26-18)33-15-19(30)24-5-4-6-27-9-11-32-12-10-27/h13,16H,3-12,14-15H2,1-2H3,(H,23,31)(H,24,30). The van der Waals surface area contributed by atoms with Crippen molar-refractivity contribution in [2.24, 2.45) is 0 Å². The summed E-state index contributed by atoms with van der Waals surface area (Å²) in [6.45, 7) is 11.5. The van der Waals surface area contributed by atoms with E-state index < -0.39 is 0 Å². The van der Waals surface area contributed by atoms with E-state index in [1.807, 2.05) is 18.7 Å². The summed E-state index contributed by atoms with van der Waals surface area (Å²) in [6, 6.07) is 1.72. The molecule has 1 aromatic heterocycles. The highest BCUT2D eigenvalue weighted by Gasteiger charge is 2.28. The van der Waals surface area contributed by atoms with Gasteiger partial charge in [0.25, 0.3) is 0 Å². The van der Waals surface area contributed by atoms with E-state index in [9.17, 15) is 9.59 Å². The number of halogens is 1. The van der Waals surface area contributed by atoms with Crippen LogP contribution in [0, 0.1) is 0 Å². The summed E-state index contributed by atoms with van der Waals surface area (Å²) < 4.78 is 5.35. The van der Waals surface area contributed by atoms with Crippen molar-refractivity contribution in [3.63, 3.8) is 0 Å². The van der Waals surface area contributed by atoms with Crippen LogP contribution in [-0.4, -0.2) is 109 Å². The van der Waals surface area contributed by atoms with E-state index in [1.54, 1.807) is 6.07 Å². The maximum atomic E-state index is 12.2. The van der Waals surface area contributed by atoms with Gasteiger partial charge >= 0.3 is 6.03 Å². The second-order valence-corrected chi connectivity index (χ2v) is 9.43. The van der Waals surface area contributed by atoms with Crippen molar-refractivity contribution in [1.29, 1.82) is 0 Å². The molecule has 0 spiro atoms. The van der Waals surface area contributed by atoms with Crippen molar-refractivity contribution < 1.29 is 14.3 Å². The van der Waals surface area contributed by atoms with Gasteiger partial charge in [0.15, 0.2) is 5.16 Å². The molecule has 0 aromatic carbocycles. The van der Waals surface area contributed by atoms with Crippen LogP contribution in [0.3, 0.4) is 0 Å². The average Bonchev–Trinajstić information content (AvgIpc) is 2.81. The van der Waals surface area contributed by atoms with Crippen molar-refractivity contribution >= 4 is 41.1 Å². The molecule has 2 saturated heterocycles. The third-order valence-electron chi connectivity index (χ3n) is 5.61. The Bertz CT molecular complexity index is 797. The smallest absolute Gasteiger partial charge is 0.317 e. The molecule has 184 valence electrons. The van der Waals surface area contributed by atoms with E-state index >= 15 is 0 Å². The number of rotatable bonds is 9. The molecule has 1 unspecified atom stereocenters. The first-order valence-electron chi connectivity index (χ1n) is 11.5. The first kappa shape index (κ1) is 25.8. The fraction of sp³-hybridized carbons (Fsp3) is 0.714. The van der Waals surface area contributed by atoms with Crippen LogP contribution in [0.1, 0.15) is 20.3 Å². The van der Waals surface area contributed by atoms with Gasteiger partial charge in [-0.25, -0.2) is 14.8 Å². The number of hydrogen-bond donors (Lipinski definition) is 2. The summed E-state index contributed by atoms with van der Waals surface area (Å²) in [6.07, 6.45) is 0.911. The normalized spacial score (nSPS) is 19.4. The van der Waals surface area contributed by atoms with Crippen LogP contribution < -0.4 is 15.5 Å². The Morgan fingerprint density at radius 1 is 1.21 bits per heavy atom. The van der Waals surface area contributed by atoms with Crippen molar-refractivity contribution in [1.82, 2.24) is 30.4 Å². The maximum Gasteiger partial charge on any atom is 0.317 e. The van der Waals surface area contributed by atoms with Crippen LogP contribution in [0.2, 0.25) is 5.15 Å². The Morgan fingerprint density at radius 2 is 2.00 bits per heavy atom. The fourth-order valence-corrected chi connectivity index (χ4v) is 4.78. The van der Waals surface area contributed by atoms with Gasteiger partial charge in [-0.2, -0.15) is 0 Å². The number of urea groups is 1. The van der Waals surface area contributed by atoms with Gasteiger partial charge in [-0.05, 0) is 26.8 Å². The van der Waals surface area contributed by atoms with E-state index in [4.69, 9.17) is 16.3 Å². The molecule has 0 aliphatic carbocycles. The Hall–Kier alpha value is -1.82. The SMILES string of the molecule is CCNC(=O)N1CCN(c2cc(Cl)nc(SCC(=O)NCCCN3CCOCC3)n2)CC1C. The Labute approximate surface area is 204 Å². The number of ether oxygens (including phenoxy) is 1. The Balaban J connectivity index is 1.44. The number of nitrogens with one attached hydrogen (secondary N) is 2. The van der Waals surface area contributed by atoms with Gasteiger partial charge in [0.05, 0.1) is 19.0 Å². The lowest BCUT2D eigenvalue weighted by atomic mass is 10.2. The molecule has 12 heteroatoms. The summed E-state index contributed by atoms with van der Waals surface area (Å²) in [7, 11) is 0. The molecule has 0 bridgehead atoms. The number of anilines is 1. The molecule has 33 heavy (non-hydrogen) atoms. The van der Waals surface area contributed by atoms with Crippen molar-refractivity contribution in [3.05, 3.63) is 11.2 Å². The first-order chi connectivity index (χ1) is 16.0. The molecule has 1 aromatic rings. The largest absolute Gasteiger partial charge is 0.379 e. The summed E-state index contributed by atoms with van der Waals surface area (Å²) >= 11 is 7.51. The summed E-state index contributed by atoms with van der Waals surface area (Å²) in [5.41, 5.74) is 0. The van der Waals surface area contributed by atoms with Crippen molar-refractivity contribution in [3.8, 4) is 0 Å². The zero-order chi connectivity index (χ0) is 23.6. The Morgan fingerprint density at radius 3 is 2.73 bits per heavy atom. The van der Waals surface area contributed by atoms with Crippen LogP contribution >= 0.6 is 23.4 Å². The lowest BCUT2D eigenvalue weighted by Crippen LogP contribution is -2.56. The van der Waals surface area contributed by atoms with Gasteiger partial charge in [0.1, 0.15) is 11.0 Å². The van der Waals surface area contributed by atoms with Gasteiger partial charge in [-0.3, -0.25) is 9.69 Å². The van der Waals surface area contributed by atoms with Crippen molar-refractivity contribution in [2.75, 3.05) is 76.2 Å². The number of thioether (sulfide) groups is 1. The van der Waals surface area contributed by atoms with E-state index in [0.717, 1.165) is 39.3 Å². The molecule has 3 rings (SSSR count). The second-order valence-electron chi connectivity index (χ2n) is 8.10. The zero-order valence-corrected chi connectivity index (χ0v) is 21.0. The topological polar surface area (TPSA) is 103 Å². The lowest BCUT2D eigenvalue weighted by molar-refractivity contribution is -0.118. The summed E-state index contributed by atoms with van der Waals surface area (Å²) in [4.78, 5) is 39.6. The number of aromatic nitrogens is 2. The van der Waals surface area contributed by atoms with Gasteiger partial charge in [0.2, 0.25) is 5.91 Å². The van der Waals surface area contributed by atoms with Crippen LogP contribution in [0.15, 0.2) is 11.2 Å². The van der Waals surface area contributed by atoms with E-state index in [2.05, 4.69) is 30.4 Å². The molecule has 2 aliphatic rings. The monoisotopic (exact) mass is 499 g/mol. The maximum absolute atomic E-state index is 12.2. The van der Waals surface area contributed by atoms with Gasteiger partial charge in [-0.15, -0.1) is 0 Å². The number of amides is 3. The van der Waals surface area contributed by atoms with Crippen LogP contribution in [0.25, 0.3) is 0 Å². The number of morpholine rings is 1. The third kappa shape index (κ3) is 8.16. The van der Waals surface area contributed by atoms with Crippen LogP contribution in [-0.2, 0) is 9.53 Å².